The third kappa shape index (κ3) is 6.45. The van der Waals surface area contributed by atoms with E-state index >= 15 is 0 Å². The maximum absolute atomic E-state index is 13.5. The van der Waals surface area contributed by atoms with Crippen LogP contribution in [0.3, 0.4) is 0 Å². The molecule has 36 heavy (non-hydrogen) atoms. The van der Waals surface area contributed by atoms with Crippen LogP contribution < -0.4 is 21.3 Å². The van der Waals surface area contributed by atoms with Crippen molar-refractivity contribution in [1.29, 1.82) is 0 Å². The Morgan fingerprint density at radius 2 is 1.97 bits per heavy atom. The summed E-state index contributed by atoms with van der Waals surface area (Å²) in [7, 11) is -4.27. The summed E-state index contributed by atoms with van der Waals surface area (Å²) in [6.07, 6.45) is 1.85. The van der Waals surface area contributed by atoms with Gasteiger partial charge in [0.05, 0.1) is 5.69 Å². The van der Waals surface area contributed by atoms with Gasteiger partial charge in [-0.25, -0.2) is 13.2 Å². The fraction of sp³-hybridized carbons (Fsp3) is 0.609. The Morgan fingerprint density at radius 1 is 1.25 bits per heavy atom. The number of sulfonamides is 1. The van der Waals surface area contributed by atoms with Gasteiger partial charge in [0.25, 0.3) is 0 Å². The molecule has 0 aliphatic carbocycles. The molecule has 2 heterocycles. The number of carbonyl (C=O) groups excluding carboxylic acids is 1. The molecular formula is C23H36N6O6S. The van der Waals surface area contributed by atoms with Crippen molar-refractivity contribution in [2.75, 3.05) is 24.7 Å². The Balaban J connectivity index is 1.91. The van der Waals surface area contributed by atoms with Crippen LogP contribution >= 0.6 is 0 Å². The number of nitrogens with two attached hydrogens (primary N) is 2. The van der Waals surface area contributed by atoms with Crippen LogP contribution in [0.1, 0.15) is 45.1 Å². The predicted molar refractivity (Wildman–Crippen MR) is 134 cm³/mol. The third-order valence-corrected chi connectivity index (χ3v) is 8.16. The van der Waals surface area contributed by atoms with E-state index in [-0.39, 0.29) is 60.9 Å². The molecule has 0 aromatic heterocycles. The van der Waals surface area contributed by atoms with Crippen LogP contribution in [0, 0.1) is 11.8 Å². The maximum atomic E-state index is 13.5. The van der Waals surface area contributed by atoms with Gasteiger partial charge in [0.2, 0.25) is 15.9 Å². The standard InChI is InChI=1S/C23H36N6O6S/c1-14-8-10-28(18(12-14)22(31)32)21(30)17(6-4-9-26-23(24)25)27-36(34,35)19-7-3-5-16-11-15(2)13-29(33)20(16)19/h3,5,7,14-15,17-18,27,33H,4,6,8-13H2,1-2H3,(H,31,32)(H4,24,25,26)/t14-,15+,17+,18-/m1/s1. The highest BCUT2D eigenvalue weighted by Gasteiger charge is 2.39. The number of nitrogens with one attached hydrogen (secondary N) is 1. The molecular weight excluding hydrogens is 488 g/mol. The van der Waals surface area contributed by atoms with E-state index in [1.807, 2.05) is 13.8 Å². The van der Waals surface area contributed by atoms with Crippen molar-refractivity contribution in [3.8, 4) is 0 Å². The van der Waals surface area contributed by atoms with Gasteiger partial charge in [-0.15, -0.1) is 0 Å². The first-order valence-corrected chi connectivity index (χ1v) is 13.6. The number of hydrogen-bond donors (Lipinski definition) is 5. The molecule has 0 bridgehead atoms. The average Bonchev–Trinajstić information content (AvgIpc) is 2.79. The van der Waals surface area contributed by atoms with Crippen LogP contribution in [0.25, 0.3) is 0 Å². The second-order valence-corrected chi connectivity index (χ2v) is 11.5. The first-order valence-electron chi connectivity index (χ1n) is 12.1. The number of carboxylic acids is 1. The number of aliphatic imine (C=N–C) groups is 1. The van der Waals surface area contributed by atoms with Gasteiger partial charge in [-0.05, 0) is 55.6 Å². The zero-order chi connectivity index (χ0) is 26.6. The number of para-hydroxylation sites is 1. The summed E-state index contributed by atoms with van der Waals surface area (Å²) >= 11 is 0. The number of hydroxylamine groups is 1. The Kier molecular flexibility index (Phi) is 8.80. The lowest BCUT2D eigenvalue weighted by molar-refractivity contribution is -0.153. The van der Waals surface area contributed by atoms with Crippen LogP contribution in [0.5, 0.6) is 0 Å². The maximum Gasteiger partial charge on any atom is 0.326 e. The van der Waals surface area contributed by atoms with Gasteiger partial charge in [0.1, 0.15) is 17.0 Å². The number of carbonyl (C=O) groups is 2. The second kappa shape index (κ2) is 11.4. The molecule has 200 valence electrons. The van der Waals surface area contributed by atoms with Crippen LogP contribution in [0.4, 0.5) is 5.69 Å². The highest BCUT2D eigenvalue weighted by Crippen LogP contribution is 2.34. The van der Waals surface area contributed by atoms with Gasteiger partial charge in [0, 0.05) is 19.6 Å². The van der Waals surface area contributed by atoms with Crippen molar-refractivity contribution in [2.45, 2.75) is 62.9 Å². The van der Waals surface area contributed by atoms with E-state index in [0.29, 0.717) is 24.8 Å². The first-order chi connectivity index (χ1) is 16.9. The van der Waals surface area contributed by atoms with Gasteiger partial charge in [-0.3, -0.25) is 20.1 Å². The van der Waals surface area contributed by atoms with Crippen molar-refractivity contribution in [3.05, 3.63) is 23.8 Å². The van der Waals surface area contributed by atoms with E-state index in [1.54, 1.807) is 12.1 Å². The van der Waals surface area contributed by atoms with E-state index in [1.165, 1.54) is 11.0 Å². The molecule has 0 unspecified atom stereocenters. The lowest BCUT2D eigenvalue weighted by Crippen LogP contribution is -2.56. The Bertz CT molecular complexity index is 1110. The molecule has 12 nitrogen and oxygen atoms in total. The van der Waals surface area contributed by atoms with Gasteiger partial charge < -0.3 is 21.5 Å². The quantitative estimate of drug-likeness (QED) is 0.174. The van der Waals surface area contributed by atoms with Crippen molar-refractivity contribution < 1.29 is 28.3 Å². The normalized spacial score (nSPS) is 23.0. The zero-order valence-electron chi connectivity index (χ0n) is 20.6. The van der Waals surface area contributed by atoms with Crippen LogP contribution in [0.15, 0.2) is 28.1 Å². The molecule has 0 radical (unpaired) electrons. The molecule has 1 aromatic rings. The van der Waals surface area contributed by atoms with Crippen molar-refractivity contribution in [2.24, 2.45) is 28.3 Å². The van der Waals surface area contributed by atoms with Crippen LogP contribution in [0.2, 0.25) is 0 Å². The smallest absolute Gasteiger partial charge is 0.326 e. The van der Waals surface area contributed by atoms with Crippen molar-refractivity contribution in [1.82, 2.24) is 9.62 Å². The van der Waals surface area contributed by atoms with E-state index in [0.717, 1.165) is 5.06 Å². The minimum Gasteiger partial charge on any atom is -0.480 e. The minimum absolute atomic E-state index is 0.0577. The number of fused-ring (bicyclic) bond motifs is 1. The first kappa shape index (κ1) is 27.7. The molecule has 4 atom stereocenters. The lowest BCUT2D eigenvalue weighted by Gasteiger charge is -2.38. The second-order valence-electron chi connectivity index (χ2n) is 9.79. The molecule has 0 saturated carbocycles. The summed E-state index contributed by atoms with van der Waals surface area (Å²) in [6, 6.07) is 2.47. The number of rotatable bonds is 9. The molecule has 2 aliphatic heterocycles. The predicted octanol–water partition coefficient (Wildman–Crippen LogP) is 0.487. The highest BCUT2D eigenvalue weighted by atomic mass is 32.2. The summed E-state index contributed by atoms with van der Waals surface area (Å²) in [5.41, 5.74) is 11.6. The Labute approximate surface area is 211 Å². The average molecular weight is 525 g/mol. The summed E-state index contributed by atoms with van der Waals surface area (Å²) in [5.74, 6) is -1.60. The lowest BCUT2D eigenvalue weighted by atomic mass is 9.91. The van der Waals surface area contributed by atoms with Crippen LogP contribution in [-0.4, -0.2) is 73.2 Å². The van der Waals surface area contributed by atoms with E-state index in [4.69, 9.17) is 11.5 Å². The van der Waals surface area contributed by atoms with Gasteiger partial charge in [-0.1, -0.05) is 26.0 Å². The summed E-state index contributed by atoms with van der Waals surface area (Å²) in [6.45, 7) is 4.54. The number of carboxylic acid groups (broad SMARTS) is 1. The number of guanidine groups is 1. The molecule has 3 rings (SSSR count). The fourth-order valence-corrected chi connectivity index (χ4v) is 6.36. The summed E-state index contributed by atoms with van der Waals surface area (Å²) < 4.78 is 29.6. The molecule has 0 spiro atoms. The molecule has 1 saturated heterocycles. The number of anilines is 1. The number of hydrogen-bond acceptors (Lipinski definition) is 7. The Hall–Kier alpha value is -2.90. The van der Waals surface area contributed by atoms with Gasteiger partial charge in [0.15, 0.2) is 5.96 Å². The summed E-state index contributed by atoms with van der Waals surface area (Å²) in [4.78, 5) is 30.4. The van der Waals surface area contributed by atoms with Gasteiger partial charge in [-0.2, -0.15) is 4.72 Å². The molecule has 2 aliphatic rings. The number of nitrogens with zero attached hydrogens (tertiary/aromatic N) is 3. The summed E-state index contributed by atoms with van der Waals surface area (Å²) in [5, 5.41) is 21.2. The van der Waals surface area contributed by atoms with E-state index in [2.05, 4.69) is 9.71 Å². The highest BCUT2D eigenvalue weighted by molar-refractivity contribution is 7.89. The number of benzene rings is 1. The van der Waals surface area contributed by atoms with Crippen LogP contribution in [-0.2, 0) is 26.0 Å². The number of amides is 1. The van der Waals surface area contributed by atoms with E-state index < -0.39 is 34.0 Å². The number of aliphatic carboxylic acids is 1. The zero-order valence-corrected chi connectivity index (χ0v) is 21.4. The number of piperidine rings is 1. The third-order valence-electron chi connectivity index (χ3n) is 6.66. The minimum atomic E-state index is -4.27. The fourth-order valence-electron chi connectivity index (χ4n) is 4.90. The van der Waals surface area contributed by atoms with Crippen molar-refractivity contribution >= 4 is 33.5 Å². The molecule has 1 aromatic carbocycles. The molecule has 7 N–H and O–H groups in total. The SMILES string of the molecule is C[C@@H]1CCN(C(=O)[C@H](CCCN=C(N)N)NS(=O)(=O)c2cccc3c2N(O)C[C@@H](C)C3)[C@@H](C(=O)O)C1. The monoisotopic (exact) mass is 524 g/mol. The van der Waals surface area contributed by atoms with E-state index in [9.17, 15) is 28.3 Å². The Morgan fingerprint density at radius 3 is 2.64 bits per heavy atom. The van der Waals surface area contributed by atoms with Gasteiger partial charge >= 0.3 is 5.97 Å². The van der Waals surface area contributed by atoms with Crippen molar-refractivity contribution in [3.63, 3.8) is 0 Å². The molecule has 13 heteroatoms. The largest absolute Gasteiger partial charge is 0.480 e. The number of likely N-dealkylation sites (tertiary alicyclic amines) is 1. The molecule has 1 fully saturated rings. The topological polar surface area (TPSA) is 192 Å². The molecule has 1 amide bonds.